The highest BCUT2D eigenvalue weighted by atomic mass is 127. The Balaban J connectivity index is 0.00000280. The topological polar surface area (TPSA) is 73.8 Å². The molecule has 4 unspecified atom stereocenters. The Kier molecular flexibility index (Phi) is 8.77. The molecule has 1 aliphatic heterocycles. The Morgan fingerprint density at radius 1 is 1.11 bits per heavy atom. The zero-order chi connectivity index (χ0) is 19.4. The zero-order valence-corrected chi connectivity index (χ0v) is 19.6. The molecule has 6 nitrogen and oxygen atoms in total. The third kappa shape index (κ3) is 4.71. The van der Waals surface area contributed by atoms with Crippen molar-refractivity contribution in [3.8, 4) is 0 Å². The molecule has 158 valence electrons. The second-order valence-electron chi connectivity index (χ2n) is 8.01. The molecule has 28 heavy (non-hydrogen) atoms. The number of nitrogens with one attached hydrogen (secondary N) is 2. The summed E-state index contributed by atoms with van der Waals surface area (Å²) in [6.07, 6.45) is 8.29. The summed E-state index contributed by atoms with van der Waals surface area (Å²) in [6.45, 7) is 9.30. The number of guanidine groups is 1. The number of likely N-dealkylation sites (tertiary alicyclic amines) is 1. The van der Waals surface area contributed by atoms with Crippen LogP contribution in [0.2, 0.25) is 0 Å². The van der Waals surface area contributed by atoms with Crippen LogP contribution in [0.1, 0.15) is 46.5 Å². The van der Waals surface area contributed by atoms with Crippen LogP contribution >= 0.6 is 24.0 Å². The highest BCUT2D eigenvalue weighted by Gasteiger charge is 2.58. The molecule has 4 atom stereocenters. The number of carbonyl (C=O) groups is 2. The van der Waals surface area contributed by atoms with E-state index in [0.717, 1.165) is 44.7 Å². The van der Waals surface area contributed by atoms with Gasteiger partial charge in [0.2, 0.25) is 11.8 Å². The summed E-state index contributed by atoms with van der Waals surface area (Å²) in [7, 11) is 0. The SMILES string of the molecule is CCNC(=NCC(CC)CC)NCCCN1C(=O)C2C3C=CC(C3)C2C1=O.I. The van der Waals surface area contributed by atoms with Crippen LogP contribution in [0.4, 0.5) is 0 Å². The van der Waals surface area contributed by atoms with E-state index in [-0.39, 0.29) is 59.5 Å². The van der Waals surface area contributed by atoms with E-state index in [9.17, 15) is 9.59 Å². The maximum atomic E-state index is 12.7. The van der Waals surface area contributed by atoms with E-state index in [1.54, 1.807) is 0 Å². The summed E-state index contributed by atoms with van der Waals surface area (Å²) in [6, 6.07) is 0. The summed E-state index contributed by atoms with van der Waals surface area (Å²) < 4.78 is 0. The molecule has 2 fully saturated rings. The van der Waals surface area contributed by atoms with Crippen molar-refractivity contribution in [2.45, 2.75) is 46.5 Å². The van der Waals surface area contributed by atoms with E-state index in [1.807, 2.05) is 0 Å². The van der Waals surface area contributed by atoms with Gasteiger partial charge in [0.15, 0.2) is 5.96 Å². The quantitative estimate of drug-likeness (QED) is 0.127. The highest BCUT2D eigenvalue weighted by Crippen LogP contribution is 2.52. The number of hydrogen-bond acceptors (Lipinski definition) is 3. The number of hydrogen-bond donors (Lipinski definition) is 2. The normalized spacial score (nSPS) is 28.1. The number of aliphatic imine (C=N–C) groups is 1. The smallest absolute Gasteiger partial charge is 0.233 e. The van der Waals surface area contributed by atoms with Gasteiger partial charge in [-0.25, -0.2) is 0 Å². The number of fused-ring (bicyclic) bond motifs is 5. The van der Waals surface area contributed by atoms with Gasteiger partial charge in [0.05, 0.1) is 11.8 Å². The second kappa shape index (κ2) is 10.6. The van der Waals surface area contributed by atoms with Crippen molar-refractivity contribution in [3.05, 3.63) is 12.2 Å². The molecule has 0 radical (unpaired) electrons. The van der Waals surface area contributed by atoms with E-state index in [4.69, 9.17) is 0 Å². The highest BCUT2D eigenvalue weighted by molar-refractivity contribution is 14.0. The van der Waals surface area contributed by atoms with Crippen LogP contribution in [0.5, 0.6) is 0 Å². The summed E-state index contributed by atoms with van der Waals surface area (Å²) in [5, 5.41) is 6.60. The predicted molar refractivity (Wildman–Crippen MR) is 123 cm³/mol. The molecule has 1 heterocycles. The van der Waals surface area contributed by atoms with Crippen LogP contribution in [-0.2, 0) is 9.59 Å². The van der Waals surface area contributed by atoms with E-state index in [1.165, 1.54) is 4.90 Å². The molecule has 2 bridgehead atoms. The molecule has 1 saturated carbocycles. The first kappa shape index (κ1) is 23.2. The Hall–Kier alpha value is -1.12. The van der Waals surface area contributed by atoms with Crippen LogP contribution in [-0.4, -0.2) is 48.9 Å². The number of carbonyl (C=O) groups excluding carboxylic acids is 2. The average molecular weight is 502 g/mol. The largest absolute Gasteiger partial charge is 0.357 e. The number of halogens is 1. The van der Waals surface area contributed by atoms with Gasteiger partial charge >= 0.3 is 0 Å². The second-order valence-corrected chi connectivity index (χ2v) is 8.01. The zero-order valence-electron chi connectivity index (χ0n) is 17.3. The maximum absolute atomic E-state index is 12.7. The summed E-state index contributed by atoms with van der Waals surface area (Å²) in [5.41, 5.74) is 0. The fraction of sp³-hybridized carbons (Fsp3) is 0.762. The molecule has 0 spiro atoms. The first-order chi connectivity index (χ1) is 13.1. The maximum Gasteiger partial charge on any atom is 0.233 e. The van der Waals surface area contributed by atoms with Crippen molar-refractivity contribution in [2.24, 2.45) is 34.6 Å². The van der Waals surface area contributed by atoms with Crippen molar-refractivity contribution in [2.75, 3.05) is 26.2 Å². The van der Waals surface area contributed by atoms with Crippen LogP contribution in [0, 0.1) is 29.6 Å². The van der Waals surface area contributed by atoms with Gasteiger partial charge in [-0.05, 0) is 37.5 Å². The predicted octanol–water partition coefficient (Wildman–Crippen LogP) is 2.79. The van der Waals surface area contributed by atoms with Crippen LogP contribution < -0.4 is 10.6 Å². The minimum absolute atomic E-state index is 0. The Bertz CT molecular complexity index is 588. The summed E-state index contributed by atoms with van der Waals surface area (Å²) in [4.78, 5) is 31.5. The van der Waals surface area contributed by atoms with Gasteiger partial charge in [0.25, 0.3) is 0 Å². The van der Waals surface area contributed by atoms with E-state index >= 15 is 0 Å². The van der Waals surface area contributed by atoms with Gasteiger partial charge in [-0.1, -0.05) is 38.8 Å². The molecule has 2 N–H and O–H groups in total. The number of rotatable bonds is 9. The lowest BCUT2D eigenvalue weighted by Crippen LogP contribution is -2.40. The summed E-state index contributed by atoms with van der Waals surface area (Å²) >= 11 is 0. The van der Waals surface area contributed by atoms with E-state index in [2.05, 4.69) is 48.5 Å². The minimum atomic E-state index is -0.0839. The molecule has 0 aromatic rings. The third-order valence-electron chi connectivity index (χ3n) is 6.42. The molecule has 0 aromatic carbocycles. The fourth-order valence-electron chi connectivity index (χ4n) is 4.74. The lowest BCUT2D eigenvalue weighted by molar-refractivity contribution is -0.140. The number of allylic oxidation sites excluding steroid dienone is 2. The van der Waals surface area contributed by atoms with E-state index < -0.39 is 0 Å². The number of imide groups is 1. The van der Waals surface area contributed by atoms with Gasteiger partial charge in [-0.3, -0.25) is 19.5 Å². The Morgan fingerprint density at radius 2 is 1.71 bits per heavy atom. The molecule has 2 aliphatic carbocycles. The monoisotopic (exact) mass is 502 g/mol. The number of nitrogens with zero attached hydrogens (tertiary/aromatic N) is 2. The first-order valence-corrected chi connectivity index (χ1v) is 10.7. The fourth-order valence-corrected chi connectivity index (χ4v) is 4.74. The third-order valence-corrected chi connectivity index (χ3v) is 6.42. The van der Waals surface area contributed by atoms with Gasteiger partial charge in [0.1, 0.15) is 0 Å². The molecular formula is C21H35IN4O2. The van der Waals surface area contributed by atoms with Gasteiger partial charge in [0, 0.05) is 26.2 Å². The number of amides is 2. The summed E-state index contributed by atoms with van der Waals surface area (Å²) in [5.74, 6) is 1.95. The molecular weight excluding hydrogens is 467 g/mol. The molecule has 0 aromatic heterocycles. The standard InChI is InChI=1S/C21H34N4O2.HI/c1-4-14(5-2)13-24-21(22-6-3)23-10-7-11-25-19(26)17-15-8-9-16(12-15)18(17)20(25)27;/h8-9,14-18H,4-7,10-13H2,1-3H3,(H2,22,23,24);1H. The average Bonchev–Trinajstić information content (AvgIpc) is 3.34. The van der Waals surface area contributed by atoms with Crippen LogP contribution in [0.3, 0.4) is 0 Å². The first-order valence-electron chi connectivity index (χ1n) is 10.7. The Morgan fingerprint density at radius 3 is 2.25 bits per heavy atom. The van der Waals surface area contributed by atoms with Crippen molar-refractivity contribution >= 4 is 41.8 Å². The Labute approximate surface area is 186 Å². The minimum Gasteiger partial charge on any atom is -0.357 e. The van der Waals surface area contributed by atoms with Crippen molar-refractivity contribution in [1.29, 1.82) is 0 Å². The van der Waals surface area contributed by atoms with Crippen molar-refractivity contribution in [3.63, 3.8) is 0 Å². The van der Waals surface area contributed by atoms with Crippen LogP contribution in [0.25, 0.3) is 0 Å². The lowest BCUT2D eigenvalue weighted by Gasteiger charge is -2.18. The van der Waals surface area contributed by atoms with Crippen LogP contribution in [0.15, 0.2) is 17.1 Å². The van der Waals surface area contributed by atoms with Crippen molar-refractivity contribution < 1.29 is 9.59 Å². The van der Waals surface area contributed by atoms with Crippen molar-refractivity contribution in [1.82, 2.24) is 15.5 Å². The van der Waals surface area contributed by atoms with Gasteiger partial charge in [-0.2, -0.15) is 0 Å². The molecule has 7 heteroatoms. The molecule has 3 rings (SSSR count). The lowest BCUT2D eigenvalue weighted by atomic mass is 9.85. The molecule has 3 aliphatic rings. The molecule has 1 saturated heterocycles. The van der Waals surface area contributed by atoms with Gasteiger partial charge < -0.3 is 10.6 Å². The molecule has 2 amide bonds. The van der Waals surface area contributed by atoms with Gasteiger partial charge in [-0.15, -0.1) is 24.0 Å². The van der Waals surface area contributed by atoms with E-state index in [0.29, 0.717) is 19.0 Å².